The quantitative estimate of drug-likeness (QED) is 0.563. The number of hydrogen-bond donors (Lipinski definition) is 2. The first-order valence-electron chi connectivity index (χ1n) is 8.46. The minimum absolute atomic E-state index is 0.291. The first-order valence-corrected chi connectivity index (χ1v) is 8.46. The average Bonchev–Trinajstić information content (AvgIpc) is 3.14. The SMILES string of the molecule is Cn1cc(-c2ccc(C(O)c3cc(C(=O)O)c(=O)n4ccccc34)nc2)cn1. The molecule has 4 aromatic heterocycles. The lowest BCUT2D eigenvalue weighted by Gasteiger charge is -2.15. The van der Waals surface area contributed by atoms with Gasteiger partial charge in [-0.25, -0.2) is 4.79 Å². The van der Waals surface area contributed by atoms with Crippen molar-refractivity contribution in [1.29, 1.82) is 0 Å². The van der Waals surface area contributed by atoms with E-state index in [9.17, 15) is 19.8 Å². The lowest BCUT2D eigenvalue weighted by Crippen LogP contribution is -2.23. The summed E-state index contributed by atoms with van der Waals surface area (Å²) in [5.41, 5.74) is 1.71. The van der Waals surface area contributed by atoms with Crippen molar-refractivity contribution in [2.75, 3.05) is 0 Å². The van der Waals surface area contributed by atoms with Crippen LogP contribution in [0.5, 0.6) is 0 Å². The van der Waals surface area contributed by atoms with Gasteiger partial charge in [-0.3, -0.25) is 18.9 Å². The number of carboxylic acid groups (broad SMARTS) is 1. The topological polar surface area (TPSA) is 110 Å². The van der Waals surface area contributed by atoms with E-state index in [0.29, 0.717) is 16.8 Å². The molecular weight excluding hydrogens is 360 g/mol. The molecular formula is C20H16N4O4. The zero-order valence-electron chi connectivity index (χ0n) is 14.9. The molecule has 1 unspecified atom stereocenters. The van der Waals surface area contributed by atoms with E-state index in [2.05, 4.69) is 10.1 Å². The molecule has 0 spiro atoms. The molecule has 8 nitrogen and oxygen atoms in total. The largest absolute Gasteiger partial charge is 0.477 e. The lowest BCUT2D eigenvalue weighted by molar-refractivity contribution is 0.0694. The summed E-state index contributed by atoms with van der Waals surface area (Å²) in [6.07, 6.45) is 5.45. The molecule has 0 saturated carbocycles. The van der Waals surface area contributed by atoms with E-state index in [1.165, 1.54) is 16.7 Å². The van der Waals surface area contributed by atoms with Gasteiger partial charge in [-0.15, -0.1) is 0 Å². The zero-order chi connectivity index (χ0) is 19.8. The van der Waals surface area contributed by atoms with Crippen LogP contribution in [0.1, 0.15) is 27.7 Å². The second-order valence-corrected chi connectivity index (χ2v) is 6.36. The van der Waals surface area contributed by atoms with Crippen LogP contribution in [0.4, 0.5) is 0 Å². The van der Waals surface area contributed by atoms with Crippen LogP contribution in [0, 0.1) is 0 Å². The monoisotopic (exact) mass is 376 g/mol. The minimum Gasteiger partial charge on any atom is -0.477 e. The number of aliphatic hydroxyl groups excluding tert-OH is 1. The van der Waals surface area contributed by atoms with Crippen molar-refractivity contribution >= 4 is 11.5 Å². The van der Waals surface area contributed by atoms with E-state index >= 15 is 0 Å². The molecule has 0 bridgehead atoms. The van der Waals surface area contributed by atoms with Gasteiger partial charge in [0.15, 0.2) is 0 Å². The normalized spacial score (nSPS) is 12.2. The molecule has 0 fully saturated rings. The van der Waals surface area contributed by atoms with E-state index in [1.54, 1.807) is 47.4 Å². The Morgan fingerprint density at radius 3 is 2.61 bits per heavy atom. The molecule has 4 rings (SSSR count). The van der Waals surface area contributed by atoms with Gasteiger partial charge in [-0.05, 0) is 24.3 Å². The fourth-order valence-electron chi connectivity index (χ4n) is 3.12. The highest BCUT2D eigenvalue weighted by atomic mass is 16.4. The number of aliphatic hydroxyl groups is 1. The zero-order valence-corrected chi connectivity index (χ0v) is 14.9. The molecule has 0 amide bonds. The highest BCUT2D eigenvalue weighted by Crippen LogP contribution is 2.26. The van der Waals surface area contributed by atoms with Crippen molar-refractivity contribution in [3.63, 3.8) is 0 Å². The number of pyridine rings is 3. The number of fused-ring (bicyclic) bond motifs is 1. The summed E-state index contributed by atoms with van der Waals surface area (Å²) in [6, 6.07) is 9.66. The lowest BCUT2D eigenvalue weighted by atomic mass is 10.0. The molecule has 0 aliphatic carbocycles. The van der Waals surface area contributed by atoms with E-state index in [0.717, 1.165) is 11.1 Å². The first-order chi connectivity index (χ1) is 13.5. The van der Waals surface area contributed by atoms with E-state index in [4.69, 9.17) is 0 Å². The van der Waals surface area contributed by atoms with Gasteiger partial charge in [-0.2, -0.15) is 5.10 Å². The summed E-state index contributed by atoms with van der Waals surface area (Å²) in [5, 5.41) is 24.3. The Hall–Kier alpha value is -3.78. The molecule has 2 N–H and O–H groups in total. The number of rotatable bonds is 4. The fourth-order valence-corrected chi connectivity index (χ4v) is 3.12. The predicted molar refractivity (Wildman–Crippen MR) is 101 cm³/mol. The fraction of sp³-hybridized carbons (Fsp3) is 0.100. The molecule has 0 aliphatic heterocycles. The van der Waals surface area contributed by atoms with Gasteiger partial charge in [0.1, 0.15) is 11.7 Å². The molecule has 4 heterocycles. The summed E-state index contributed by atoms with van der Waals surface area (Å²) >= 11 is 0. The van der Waals surface area contributed by atoms with Crippen LogP contribution in [-0.4, -0.2) is 35.3 Å². The number of carbonyl (C=O) groups is 1. The second-order valence-electron chi connectivity index (χ2n) is 6.36. The standard InChI is InChI=1S/C20H16N4O4/c1-23-11-13(10-22-23)12-5-6-16(21-9-12)18(25)14-8-15(20(27)28)19(26)24-7-3-2-4-17(14)24/h2-11,18,25H,1H3,(H,27,28). The van der Waals surface area contributed by atoms with E-state index in [-0.39, 0.29) is 0 Å². The van der Waals surface area contributed by atoms with E-state index < -0.39 is 23.2 Å². The van der Waals surface area contributed by atoms with Gasteiger partial charge in [-0.1, -0.05) is 12.1 Å². The van der Waals surface area contributed by atoms with Crippen LogP contribution in [-0.2, 0) is 7.05 Å². The smallest absolute Gasteiger partial charge is 0.341 e. The molecule has 0 aliphatic rings. The van der Waals surface area contributed by atoms with Crippen LogP contribution in [0.25, 0.3) is 16.6 Å². The van der Waals surface area contributed by atoms with Crippen LogP contribution in [0.15, 0.2) is 66.0 Å². The summed E-state index contributed by atoms with van der Waals surface area (Å²) in [6.45, 7) is 0. The average molecular weight is 376 g/mol. The van der Waals surface area contributed by atoms with Gasteiger partial charge in [0.05, 0.1) is 17.4 Å². The van der Waals surface area contributed by atoms with Crippen molar-refractivity contribution < 1.29 is 15.0 Å². The van der Waals surface area contributed by atoms with Crippen LogP contribution >= 0.6 is 0 Å². The van der Waals surface area contributed by atoms with Crippen LogP contribution in [0.3, 0.4) is 0 Å². The molecule has 8 heteroatoms. The third-order valence-electron chi connectivity index (χ3n) is 4.53. The Kier molecular flexibility index (Phi) is 4.25. The first kappa shape index (κ1) is 17.6. The maximum Gasteiger partial charge on any atom is 0.341 e. The number of aromatic nitrogens is 4. The second kappa shape index (κ2) is 6.75. The van der Waals surface area contributed by atoms with Crippen LogP contribution in [0.2, 0.25) is 0 Å². The summed E-state index contributed by atoms with van der Waals surface area (Å²) < 4.78 is 2.89. The molecule has 1 atom stereocenters. The highest BCUT2D eigenvalue weighted by molar-refractivity contribution is 5.88. The minimum atomic E-state index is -1.35. The molecule has 28 heavy (non-hydrogen) atoms. The Morgan fingerprint density at radius 2 is 1.96 bits per heavy atom. The maximum atomic E-state index is 12.4. The van der Waals surface area contributed by atoms with Gasteiger partial charge in [0.2, 0.25) is 0 Å². The number of aryl methyl sites for hydroxylation is 1. The number of hydrogen-bond acceptors (Lipinski definition) is 5. The van der Waals surface area contributed by atoms with Crippen molar-refractivity contribution in [1.82, 2.24) is 19.2 Å². The Balaban J connectivity index is 1.80. The van der Waals surface area contributed by atoms with Crippen molar-refractivity contribution in [2.45, 2.75) is 6.10 Å². The molecule has 0 saturated heterocycles. The van der Waals surface area contributed by atoms with Crippen molar-refractivity contribution in [3.8, 4) is 11.1 Å². The van der Waals surface area contributed by atoms with Crippen LogP contribution < -0.4 is 5.56 Å². The molecule has 0 radical (unpaired) electrons. The van der Waals surface area contributed by atoms with Crippen molar-refractivity contribution in [3.05, 3.63) is 88.4 Å². The van der Waals surface area contributed by atoms with Gasteiger partial charge in [0, 0.05) is 42.3 Å². The maximum absolute atomic E-state index is 12.4. The highest BCUT2D eigenvalue weighted by Gasteiger charge is 2.21. The summed E-state index contributed by atoms with van der Waals surface area (Å²) in [4.78, 5) is 28.1. The Bertz CT molecular complexity index is 1240. The number of aromatic carboxylic acids is 1. The number of nitrogens with zero attached hydrogens (tertiary/aromatic N) is 4. The van der Waals surface area contributed by atoms with E-state index in [1.807, 2.05) is 13.2 Å². The van der Waals surface area contributed by atoms with Gasteiger partial charge >= 0.3 is 5.97 Å². The Labute approximate surface area is 159 Å². The molecule has 4 aromatic rings. The molecule has 0 aromatic carbocycles. The summed E-state index contributed by atoms with van der Waals surface area (Å²) in [5.74, 6) is -1.35. The third-order valence-corrected chi connectivity index (χ3v) is 4.53. The van der Waals surface area contributed by atoms with Gasteiger partial charge < -0.3 is 10.2 Å². The number of carboxylic acids is 1. The predicted octanol–water partition coefficient (Wildman–Crippen LogP) is 1.87. The Morgan fingerprint density at radius 1 is 1.14 bits per heavy atom. The molecule has 140 valence electrons. The third kappa shape index (κ3) is 2.95. The summed E-state index contributed by atoms with van der Waals surface area (Å²) in [7, 11) is 1.82. The van der Waals surface area contributed by atoms with Gasteiger partial charge in [0.25, 0.3) is 5.56 Å². The van der Waals surface area contributed by atoms with Crippen molar-refractivity contribution in [2.24, 2.45) is 7.05 Å².